The first-order valence-electron chi connectivity index (χ1n) is 5.25. The van der Waals surface area contributed by atoms with Crippen molar-refractivity contribution in [2.45, 2.75) is 19.3 Å². The van der Waals surface area contributed by atoms with Crippen LogP contribution in [-0.4, -0.2) is 30.0 Å². The summed E-state index contributed by atoms with van der Waals surface area (Å²) in [5.41, 5.74) is 5.27. The molecule has 1 aliphatic rings. The van der Waals surface area contributed by atoms with Crippen LogP contribution in [0.1, 0.15) is 19.3 Å². The fourth-order valence-electron chi connectivity index (χ4n) is 1.21. The van der Waals surface area contributed by atoms with Crippen molar-refractivity contribution in [2.24, 2.45) is 5.92 Å². The van der Waals surface area contributed by atoms with Crippen LogP contribution in [-0.2, 0) is 4.74 Å². The molecule has 0 aromatic carbocycles. The van der Waals surface area contributed by atoms with E-state index in [1.807, 2.05) is 0 Å². The molecule has 0 atom stereocenters. The molecular weight excluding hydrogens is 196 g/mol. The van der Waals surface area contributed by atoms with Crippen molar-refractivity contribution in [3.8, 4) is 0 Å². The molecule has 1 aromatic rings. The maximum absolute atomic E-state index is 5.47. The molecule has 0 bridgehead atoms. The lowest BCUT2D eigenvalue weighted by Crippen LogP contribution is -2.07. The number of ether oxygens (including phenoxy) is 1. The zero-order valence-electron chi connectivity index (χ0n) is 8.61. The molecule has 84 valence electrons. The van der Waals surface area contributed by atoms with Crippen molar-refractivity contribution in [3.05, 3.63) is 0 Å². The normalized spacial score (nSPS) is 15.5. The first-order valence-corrected chi connectivity index (χ1v) is 5.25. The molecule has 0 radical (unpaired) electrons. The van der Waals surface area contributed by atoms with E-state index in [1.54, 1.807) is 0 Å². The van der Waals surface area contributed by atoms with Crippen LogP contribution >= 0.6 is 0 Å². The van der Waals surface area contributed by atoms with Gasteiger partial charge in [0.15, 0.2) is 0 Å². The molecule has 0 spiro atoms. The molecule has 2 rings (SSSR count). The number of nitrogens with two attached hydrogens (primary N) is 1. The van der Waals surface area contributed by atoms with E-state index in [4.69, 9.17) is 14.9 Å². The van der Waals surface area contributed by atoms with Crippen LogP contribution in [0.5, 0.6) is 0 Å². The van der Waals surface area contributed by atoms with Gasteiger partial charge in [-0.2, -0.15) is 0 Å². The van der Waals surface area contributed by atoms with Crippen molar-refractivity contribution in [1.29, 1.82) is 0 Å². The molecule has 15 heavy (non-hydrogen) atoms. The minimum absolute atomic E-state index is 0.0856. The van der Waals surface area contributed by atoms with Crippen molar-refractivity contribution < 1.29 is 9.15 Å². The Morgan fingerprint density at radius 2 is 2.33 bits per heavy atom. The quantitative estimate of drug-likeness (QED) is 0.652. The molecular formula is C9H16N4O2. The minimum atomic E-state index is 0.0856. The van der Waals surface area contributed by atoms with E-state index in [0.29, 0.717) is 6.01 Å². The second kappa shape index (κ2) is 4.97. The maximum atomic E-state index is 5.47. The number of rotatable bonds is 7. The Balaban J connectivity index is 1.47. The van der Waals surface area contributed by atoms with Gasteiger partial charge in [-0.1, -0.05) is 10.2 Å². The van der Waals surface area contributed by atoms with Gasteiger partial charge in [-0.05, 0) is 25.2 Å². The molecule has 3 N–H and O–H groups in total. The average molecular weight is 212 g/mol. The van der Waals surface area contributed by atoms with Gasteiger partial charge in [0.2, 0.25) is 0 Å². The lowest BCUT2D eigenvalue weighted by molar-refractivity contribution is 0.124. The summed E-state index contributed by atoms with van der Waals surface area (Å²) in [6.07, 6.45) is 3.59. The van der Waals surface area contributed by atoms with Crippen LogP contribution in [0.2, 0.25) is 0 Å². The van der Waals surface area contributed by atoms with Crippen molar-refractivity contribution in [1.82, 2.24) is 10.2 Å². The van der Waals surface area contributed by atoms with Gasteiger partial charge in [0, 0.05) is 19.8 Å². The highest BCUT2D eigenvalue weighted by molar-refractivity contribution is 5.21. The average Bonchev–Trinajstić information content (AvgIpc) is 2.95. The van der Waals surface area contributed by atoms with Crippen LogP contribution in [0.25, 0.3) is 0 Å². The van der Waals surface area contributed by atoms with Gasteiger partial charge < -0.3 is 20.2 Å². The second-order valence-electron chi connectivity index (χ2n) is 3.74. The molecule has 1 fully saturated rings. The van der Waals surface area contributed by atoms with Crippen LogP contribution in [0.4, 0.5) is 12.0 Å². The van der Waals surface area contributed by atoms with Gasteiger partial charge in [-0.25, -0.2) is 0 Å². The van der Waals surface area contributed by atoms with E-state index in [0.717, 1.165) is 32.1 Å². The summed E-state index contributed by atoms with van der Waals surface area (Å²) in [5.74, 6) is 0.827. The first-order chi connectivity index (χ1) is 7.34. The van der Waals surface area contributed by atoms with Gasteiger partial charge in [0.25, 0.3) is 0 Å². The maximum Gasteiger partial charge on any atom is 0.316 e. The standard InChI is InChI=1S/C9H16N4O2/c10-8-12-13-9(15-8)11-4-1-5-14-6-7-2-3-7/h7H,1-6H2,(H2,10,12)(H,11,13). The summed E-state index contributed by atoms with van der Waals surface area (Å²) in [5, 5.41) is 10.2. The Morgan fingerprint density at radius 1 is 1.47 bits per heavy atom. The van der Waals surface area contributed by atoms with E-state index < -0.39 is 0 Å². The van der Waals surface area contributed by atoms with Gasteiger partial charge in [-0.3, -0.25) is 0 Å². The number of anilines is 2. The molecule has 1 aromatic heterocycles. The Labute approximate surface area is 88.2 Å². The number of hydrogen-bond acceptors (Lipinski definition) is 6. The van der Waals surface area contributed by atoms with E-state index in [-0.39, 0.29) is 6.01 Å². The van der Waals surface area contributed by atoms with Crippen LogP contribution in [0, 0.1) is 5.92 Å². The SMILES string of the molecule is Nc1nnc(NCCCOCC2CC2)o1. The van der Waals surface area contributed by atoms with Crippen molar-refractivity contribution >= 4 is 12.0 Å². The molecule has 6 nitrogen and oxygen atoms in total. The smallest absolute Gasteiger partial charge is 0.316 e. The number of nitrogen functional groups attached to an aromatic ring is 1. The third-order valence-electron chi connectivity index (χ3n) is 2.23. The van der Waals surface area contributed by atoms with Gasteiger partial charge in [0.05, 0.1) is 0 Å². The fraction of sp³-hybridized carbons (Fsp3) is 0.778. The molecule has 1 heterocycles. The zero-order chi connectivity index (χ0) is 10.5. The predicted molar refractivity (Wildman–Crippen MR) is 55.4 cm³/mol. The summed E-state index contributed by atoms with van der Waals surface area (Å²) >= 11 is 0. The van der Waals surface area contributed by atoms with Crippen LogP contribution in [0.3, 0.4) is 0 Å². The van der Waals surface area contributed by atoms with Crippen molar-refractivity contribution in [3.63, 3.8) is 0 Å². The second-order valence-corrected chi connectivity index (χ2v) is 3.74. The van der Waals surface area contributed by atoms with Gasteiger partial charge in [0.1, 0.15) is 0 Å². The highest BCUT2D eigenvalue weighted by atomic mass is 16.5. The molecule has 0 aliphatic heterocycles. The summed E-state index contributed by atoms with van der Waals surface area (Å²) < 4.78 is 10.4. The molecule has 0 amide bonds. The van der Waals surface area contributed by atoms with E-state index in [9.17, 15) is 0 Å². The van der Waals surface area contributed by atoms with E-state index >= 15 is 0 Å². The third kappa shape index (κ3) is 3.75. The van der Waals surface area contributed by atoms with Crippen LogP contribution in [0.15, 0.2) is 4.42 Å². The first kappa shape index (κ1) is 10.2. The number of aromatic nitrogens is 2. The predicted octanol–water partition coefficient (Wildman–Crippen LogP) is 0.880. The fourth-order valence-corrected chi connectivity index (χ4v) is 1.21. The zero-order valence-corrected chi connectivity index (χ0v) is 8.61. The molecule has 0 unspecified atom stereocenters. The Bertz CT molecular complexity index is 298. The molecule has 0 saturated heterocycles. The van der Waals surface area contributed by atoms with Gasteiger partial charge in [-0.15, -0.1) is 0 Å². The number of hydrogen-bond donors (Lipinski definition) is 2. The monoisotopic (exact) mass is 212 g/mol. The molecule has 1 aliphatic carbocycles. The lowest BCUT2D eigenvalue weighted by atomic mass is 10.4. The van der Waals surface area contributed by atoms with Gasteiger partial charge >= 0.3 is 12.0 Å². The molecule has 1 saturated carbocycles. The minimum Gasteiger partial charge on any atom is -0.390 e. The van der Waals surface area contributed by atoms with Crippen molar-refractivity contribution in [2.75, 3.05) is 30.8 Å². The highest BCUT2D eigenvalue weighted by Gasteiger charge is 2.20. The summed E-state index contributed by atoms with van der Waals surface area (Å²) in [6.45, 7) is 2.44. The number of nitrogens with one attached hydrogen (secondary N) is 1. The summed E-state index contributed by atoms with van der Waals surface area (Å²) in [7, 11) is 0. The summed E-state index contributed by atoms with van der Waals surface area (Å²) in [6, 6.07) is 0.456. The Kier molecular flexibility index (Phi) is 3.39. The topological polar surface area (TPSA) is 86.2 Å². The van der Waals surface area contributed by atoms with Crippen LogP contribution < -0.4 is 11.1 Å². The lowest BCUT2D eigenvalue weighted by Gasteiger charge is -2.02. The Morgan fingerprint density at radius 3 is 3.00 bits per heavy atom. The highest BCUT2D eigenvalue weighted by Crippen LogP contribution is 2.28. The van der Waals surface area contributed by atoms with E-state index in [2.05, 4.69) is 15.5 Å². The number of nitrogens with zero attached hydrogens (tertiary/aromatic N) is 2. The molecule has 6 heteroatoms. The summed E-state index contributed by atoms with van der Waals surface area (Å²) in [4.78, 5) is 0. The third-order valence-corrected chi connectivity index (χ3v) is 2.23. The largest absolute Gasteiger partial charge is 0.390 e. The Hall–Kier alpha value is -1.30. The van der Waals surface area contributed by atoms with E-state index in [1.165, 1.54) is 12.8 Å².